The molecule has 0 spiro atoms. The van der Waals surface area contributed by atoms with E-state index >= 15 is 0 Å². The van der Waals surface area contributed by atoms with Gasteiger partial charge in [0.1, 0.15) is 13.2 Å². The molecule has 8 nitrogen and oxygen atoms in total. The number of allylic oxidation sites excluding steroid dienone is 9. The second kappa shape index (κ2) is 49.2. The molecule has 3 unspecified atom stereocenters. The summed E-state index contributed by atoms with van der Waals surface area (Å²) in [5.74, 6) is -0.211. The largest absolute Gasteiger partial charge is 0.756 e. The van der Waals surface area contributed by atoms with E-state index in [1.54, 1.807) is 6.08 Å². The number of rotatable bonds is 51. The van der Waals surface area contributed by atoms with Crippen molar-refractivity contribution in [2.24, 2.45) is 0 Å². The smallest absolute Gasteiger partial charge is 0.268 e. The average Bonchev–Trinajstić information content (AvgIpc) is 3.29. The monoisotopic (exact) mass is 961 g/mol. The number of nitrogens with zero attached hydrogens (tertiary/aromatic N) is 1. The summed E-state index contributed by atoms with van der Waals surface area (Å²) in [5, 5.41) is 13.9. The Morgan fingerprint density at radius 2 is 0.910 bits per heavy atom. The van der Waals surface area contributed by atoms with Crippen molar-refractivity contribution in [3.05, 3.63) is 60.8 Å². The van der Waals surface area contributed by atoms with Crippen molar-refractivity contribution < 1.29 is 32.9 Å². The molecule has 67 heavy (non-hydrogen) atoms. The van der Waals surface area contributed by atoms with Crippen molar-refractivity contribution in [1.29, 1.82) is 0 Å². The summed E-state index contributed by atoms with van der Waals surface area (Å²) in [6.07, 6.45) is 65.8. The van der Waals surface area contributed by atoms with E-state index in [9.17, 15) is 19.4 Å². The molecule has 0 aromatic carbocycles. The molecule has 0 aromatic rings. The first kappa shape index (κ1) is 65.2. The molecule has 9 heteroatoms. The second-order valence-corrected chi connectivity index (χ2v) is 21.7. The van der Waals surface area contributed by atoms with Crippen molar-refractivity contribution in [2.75, 3.05) is 40.9 Å². The second-order valence-electron chi connectivity index (χ2n) is 20.3. The first-order valence-corrected chi connectivity index (χ1v) is 29.6. The number of nitrogens with one attached hydrogen (secondary N) is 1. The van der Waals surface area contributed by atoms with Gasteiger partial charge in [0.05, 0.1) is 39.9 Å². The molecular formula is C58H109N2O6P. The van der Waals surface area contributed by atoms with E-state index in [0.717, 1.165) is 77.0 Å². The molecular weight excluding hydrogens is 852 g/mol. The highest BCUT2D eigenvalue weighted by Gasteiger charge is 2.23. The minimum atomic E-state index is -4.60. The number of phosphoric ester groups is 1. The minimum absolute atomic E-state index is 0.00617. The number of hydrogen-bond acceptors (Lipinski definition) is 6. The maximum Gasteiger partial charge on any atom is 0.268 e. The van der Waals surface area contributed by atoms with E-state index in [4.69, 9.17) is 9.05 Å². The van der Waals surface area contributed by atoms with Crippen LogP contribution in [0.2, 0.25) is 0 Å². The Bertz CT molecular complexity index is 1270. The van der Waals surface area contributed by atoms with E-state index in [1.807, 2.05) is 27.2 Å². The lowest BCUT2D eigenvalue weighted by Gasteiger charge is -2.29. The molecule has 0 aliphatic heterocycles. The Balaban J connectivity index is 4.24. The van der Waals surface area contributed by atoms with Crippen LogP contribution in [0.15, 0.2) is 60.8 Å². The van der Waals surface area contributed by atoms with Crippen LogP contribution < -0.4 is 10.2 Å². The van der Waals surface area contributed by atoms with Crippen LogP contribution >= 0.6 is 7.82 Å². The molecule has 0 radical (unpaired) electrons. The number of phosphoric acid groups is 1. The summed E-state index contributed by atoms with van der Waals surface area (Å²) >= 11 is 0. The van der Waals surface area contributed by atoms with Gasteiger partial charge in [-0.3, -0.25) is 9.36 Å². The zero-order valence-corrected chi connectivity index (χ0v) is 45.5. The Morgan fingerprint density at radius 3 is 1.33 bits per heavy atom. The van der Waals surface area contributed by atoms with Crippen LogP contribution in [0.3, 0.4) is 0 Å². The highest BCUT2D eigenvalue weighted by Crippen LogP contribution is 2.38. The lowest BCUT2D eigenvalue weighted by molar-refractivity contribution is -0.870. The third kappa shape index (κ3) is 51.9. The van der Waals surface area contributed by atoms with Gasteiger partial charge in [0.2, 0.25) is 5.91 Å². The van der Waals surface area contributed by atoms with Crippen molar-refractivity contribution >= 4 is 13.7 Å². The molecule has 0 fully saturated rings. The van der Waals surface area contributed by atoms with Gasteiger partial charge in [-0.2, -0.15) is 0 Å². The van der Waals surface area contributed by atoms with Crippen molar-refractivity contribution in [2.45, 2.75) is 264 Å². The molecule has 0 aliphatic carbocycles. The van der Waals surface area contributed by atoms with Crippen LogP contribution in [-0.4, -0.2) is 68.5 Å². The predicted octanol–water partition coefficient (Wildman–Crippen LogP) is 16.3. The SMILES string of the molecule is CC/C=C\C/C=C\C/C=C\C/C=C\CCCCCCCCC(=O)NC(COP(=O)([O-])OCC[N+](C)(C)C)C(O)/C=C/CCCCCCCCCCCCCCCCCCCCCCCCCC. The fraction of sp³-hybridized carbons (Fsp3) is 0.810. The number of carbonyl (C=O) groups excluding carboxylic acids is 1. The molecule has 0 saturated carbocycles. The highest BCUT2D eigenvalue weighted by molar-refractivity contribution is 7.45. The number of hydrogen-bond donors (Lipinski definition) is 2. The first-order valence-electron chi connectivity index (χ1n) is 28.2. The van der Waals surface area contributed by atoms with Crippen LogP contribution in [0, 0.1) is 0 Å². The zero-order chi connectivity index (χ0) is 49.2. The predicted molar refractivity (Wildman–Crippen MR) is 288 cm³/mol. The normalized spacial score (nSPS) is 14.4. The molecule has 0 saturated heterocycles. The number of unbranched alkanes of at least 4 members (excludes halogenated alkanes) is 30. The van der Waals surface area contributed by atoms with Crippen LogP contribution in [0.25, 0.3) is 0 Å². The number of carbonyl (C=O) groups is 1. The molecule has 0 aromatic heterocycles. The standard InChI is InChI=1S/C58H109N2O6P/c1-6-8-10-12-14-16-18-20-22-24-26-27-28-29-30-31-32-34-35-37-39-41-43-45-47-49-51-57(61)56(55-66-67(63,64)65-54-53-60(3,4)5)59-58(62)52-50-48-46-44-42-40-38-36-33-25-23-21-19-17-15-13-11-9-7-2/h9,11,15,17,21,23,33,36,49,51,56-57,61H,6-8,10,12-14,16,18-20,22,24-32,34-35,37-48,50,52-55H2,1-5H3,(H-,59,62,63,64)/b11-9-,17-15-,23-21-,36-33-,51-49+. The van der Waals surface area contributed by atoms with Gasteiger partial charge < -0.3 is 28.8 Å². The van der Waals surface area contributed by atoms with Crippen molar-refractivity contribution in [3.63, 3.8) is 0 Å². The number of aliphatic hydroxyl groups is 1. The number of quaternary nitrogens is 1. The van der Waals surface area contributed by atoms with Gasteiger partial charge in [0.15, 0.2) is 0 Å². The maximum absolute atomic E-state index is 12.9. The minimum Gasteiger partial charge on any atom is -0.756 e. The Labute approximate surface area is 415 Å². The Kier molecular flexibility index (Phi) is 47.9. The lowest BCUT2D eigenvalue weighted by atomic mass is 10.0. The van der Waals surface area contributed by atoms with Crippen LogP contribution in [0.5, 0.6) is 0 Å². The van der Waals surface area contributed by atoms with E-state index in [1.165, 1.54) is 154 Å². The van der Waals surface area contributed by atoms with Crippen LogP contribution in [0.1, 0.15) is 251 Å². The van der Waals surface area contributed by atoms with Gasteiger partial charge in [0, 0.05) is 6.42 Å². The molecule has 3 atom stereocenters. The van der Waals surface area contributed by atoms with Crippen molar-refractivity contribution in [1.82, 2.24) is 5.32 Å². The van der Waals surface area contributed by atoms with Gasteiger partial charge in [-0.25, -0.2) is 0 Å². The summed E-state index contributed by atoms with van der Waals surface area (Å²) in [5.41, 5.74) is 0. The summed E-state index contributed by atoms with van der Waals surface area (Å²) < 4.78 is 23.3. The molecule has 0 aliphatic rings. The van der Waals surface area contributed by atoms with Gasteiger partial charge in [-0.05, 0) is 57.8 Å². The van der Waals surface area contributed by atoms with Gasteiger partial charge in [0.25, 0.3) is 7.82 Å². The Hall–Kier alpha value is -1.80. The van der Waals surface area contributed by atoms with Crippen LogP contribution in [0.4, 0.5) is 0 Å². The molecule has 2 N–H and O–H groups in total. The van der Waals surface area contributed by atoms with E-state index in [-0.39, 0.29) is 19.1 Å². The summed E-state index contributed by atoms with van der Waals surface area (Å²) in [4.78, 5) is 25.5. The summed E-state index contributed by atoms with van der Waals surface area (Å²) in [6.45, 7) is 4.54. The number of likely N-dealkylation sites (N-methyl/N-ethyl adjacent to an activating group) is 1. The lowest BCUT2D eigenvalue weighted by Crippen LogP contribution is -2.45. The summed E-state index contributed by atoms with van der Waals surface area (Å²) in [6, 6.07) is -0.898. The third-order valence-electron chi connectivity index (χ3n) is 12.5. The number of aliphatic hydroxyl groups excluding tert-OH is 1. The van der Waals surface area contributed by atoms with E-state index in [2.05, 4.69) is 67.8 Å². The highest BCUT2D eigenvalue weighted by atomic mass is 31.2. The third-order valence-corrected chi connectivity index (χ3v) is 13.4. The van der Waals surface area contributed by atoms with Gasteiger partial charge in [-0.1, -0.05) is 248 Å². The maximum atomic E-state index is 12.9. The van der Waals surface area contributed by atoms with E-state index in [0.29, 0.717) is 17.4 Å². The van der Waals surface area contributed by atoms with E-state index < -0.39 is 20.0 Å². The first-order chi connectivity index (χ1) is 32.5. The topological polar surface area (TPSA) is 108 Å². The molecule has 0 rings (SSSR count). The Morgan fingerprint density at radius 1 is 0.537 bits per heavy atom. The van der Waals surface area contributed by atoms with Crippen molar-refractivity contribution in [3.8, 4) is 0 Å². The average molecular weight is 961 g/mol. The van der Waals surface area contributed by atoms with Gasteiger partial charge >= 0.3 is 0 Å². The van der Waals surface area contributed by atoms with Crippen LogP contribution in [-0.2, 0) is 18.4 Å². The molecule has 0 heterocycles. The number of amides is 1. The fourth-order valence-electron chi connectivity index (χ4n) is 8.09. The summed E-state index contributed by atoms with van der Waals surface area (Å²) in [7, 11) is 1.25. The zero-order valence-electron chi connectivity index (χ0n) is 44.6. The fourth-order valence-corrected chi connectivity index (χ4v) is 8.81. The quantitative estimate of drug-likeness (QED) is 0.0272. The molecule has 0 bridgehead atoms. The molecule has 392 valence electrons. The molecule has 1 amide bonds. The van der Waals surface area contributed by atoms with Gasteiger partial charge in [-0.15, -0.1) is 0 Å².